The van der Waals surface area contributed by atoms with E-state index in [-0.39, 0.29) is 0 Å². The lowest BCUT2D eigenvalue weighted by atomic mass is 10.2. The molecule has 12 nitrogen and oxygen atoms in total. The molecule has 0 saturated heterocycles. The molecule has 0 aliphatic carbocycles. The Morgan fingerprint density at radius 3 is 1.05 bits per heavy atom. The largest absolute Gasteiger partial charge is 0.308 e. The molecule has 576 valence electrons. The van der Waals surface area contributed by atoms with E-state index in [0.29, 0.717) is 0 Å². The van der Waals surface area contributed by atoms with E-state index in [2.05, 4.69) is 438 Å². The van der Waals surface area contributed by atoms with Crippen LogP contribution in [0.5, 0.6) is 0 Å². The summed E-state index contributed by atoms with van der Waals surface area (Å²) in [5.74, 6) is 0. The zero-order valence-electron chi connectivity index (χ0n) is 63.7. The fourth-order valence-corrected chi connectivity index (χ4v) is 19.4. The highest BCUT2D eigenvalue weighted by Crippen LogP contribution is 2.42. The maximum absolute atomic E-state index is 4.58. The number of rotatable bonds is 6. The minimum absolute atomic E-state index is 0.870. The van der Waals surface area contributed by atoms with Crippen LogP contribution in [0, 0.1) is 0 Å². The number of para-hydroxylation sites is 12. The molecule has 120 heavy (non-hydrogen) atoms. The van der Waals surface area contributed by atoms with Gasteiger partial charge in [0.25, 0.3) is 0 Å². The molecule has 0 radical (unpaired) electrons. The highest BCUT2D eigenvalue weighted by Gasteiger charge is 2.21. The smallest absolute Gasteiger partial charge is 0.145 e. The zero-order chi connectivity index (χ0) is 81.2. The minimum Gasteiger partial charge on any atom is -0.308 e. The molecular weight excluding hydrogens is 1870 g/mol. The monoisotopic (exact) mass is 1930 g/mol. The van der Waals surface area contributed by atoms with E-state index >= 15 is 0 Å². The lowest BCUT2D eigenvalue weighted by molar-refractivity contribution is 1.13. The van der Waals surface area contributed by atoms with Crippen LogP contribution in [0.4, 0.5) is 0 Å². The molecule has 0 N–H and O–H groups in total. The second-order valence-electron chi connectivity index (χ2n) is 28.2. The van der Waals surface area contributed by atoms with Crippen LogP contribution in [-0.2, 0) is 0 Å². The third-order valence-corrected chi connectivity index (χ3v) is 24.9. The molecule has 0 atom stereocenters. The SMILES string of the molecule is Brc1cccc2c3cccnc3n(-c3ccccc3)c12.Brc1cccc2c3ccncc3n(-c3ccccc3)c12.Brc1cccc2c3cnccc3n(-c3ccccc3)c12.Brc1cccc2c3ncccc3n(-c3ccccc3)c12.Brc1cncc2c3ccccc3n(-c3ccccc3)c12.Brc1nccc2c3ccccc3n(-c3ccccc3)c12. The van der Waals surface area contributed by atoms with E-state index in [1.807, 2.05) is 116 Å². The summed E-state index contributed by atoms with van der Waals surface area (Å²) in [6.45, 7) is 0. The van der Waals surface area contributed by atoms with Crippen LogP contribution in [0.3, 0.4) is 0 Å². The summed E-state index contributed by atoms with van der Waals surface area (Å²) in [6.07, 6.45) is 16.9. The van der Waals surface area contributed by atoms with Crippen LogP contribution in [0.15, 0.2) is 429 Å². The standard InChI is InChI=1S/6C17H11BrN2/c18-15-10-4-8-13-14-9-5-11-19-17(14)20(16(13)15)12-6-2-1-3-7-12;18-14-9-4-8-13-16-15(10-5-11-19-16)20(17(13)14)12-6-2-1-3-7-12;18-15-11-19-10-14-13-8-4-5-9-16(13)20(17(14)15)12-6-2-1-3-7-12;18-17-16-14(10-11-19-17)13-8-4-5-9-15(13)20(16)12-6-2-1-3-7-12;18-15-8-4-7-14-13-9-10-19-11-16(13)20(17(14)15)12-5-2-1-3-6-12;18-15-8-4-7-13-14-11-19-10-9-16(14)20(17(13)15)12-5-2-1-3-6-12/h6*1-11H. The molecule has 0 fully saturated rings. The molecule has 24 rings (SSSR count). The van der Waals surface area contributed by atoms with Crippen molar-refractivity contribution in [1.29, 1.82) is 0 Å². The average molecular weight is 1940 g/mol. The van der Waals surface area contributed by atoms with Crippen molar-refractivity contribution in [1.82, 2.24) is 57.3 Å². The van der Waals surface area contributed by atoms with E-state index in [1.165, 1.54) is 86.8 Å². The van der Waals surface area contributed by atoms with Crippen molar-refractivity contribution < 1.29 is 0 Å². The van der Waals surface area contributed by atoms with Crippen LogP contribution < -0.4 is 0 Å². The highest BCUT2D eigenvalue weighted by atomic mass is 79.9. The third-order valence-electron chi connectivity index (χ3n) is 21.2. The van der Waals surface area contributed by atoms with Crippen LogP contribution in [0.1, 0.15) is 0 Å². The van der Waals surface area contributed by atoms with Crippen LogP contribution in [0.25, 0.3) is 165 Å². The number of aromatic nitrogens is 12. The van der Waals surface area contributed by atoms with Crippen LogP contribution in [0.2, 0.25) is 0 Å². The van der Waals surface area contributed by atoms with E-state index in [0.717, 1.165) is 105 Å². The lowest BCUT2D eigenvalue weighted by Gasteiger charge is -2.08. The van der Waals surface area contributed by atoms with Gasteiger partial charge in [0.15, 0.2) is 0 Å². The summed E-state index contributed by atoms with van der Waals surface area (Å²) in [5.41, 5.74) is 21.7. The number of fused-ring (bicyclic) bond motifs is 18. The van der Waals surface area contributed by atoms with Crippen molar-refractivity contribution in [3.8, 4) is 34.1 Å². The second-order valence-corrected chi connectivity index (χ2v) is 33.2. The molecule has 12 heterocycles. The van der Waals surface area contributed by atoms with E-state index in [4.69, 9.17) is 0 Å². The van der Waals surface area contributed by atoms with Gasteiger partial charge in [0.05, 0.1) is 76.9 Å². The number of nitrogens with zero attached hydrogens (tertiary/aromatic N) is 12. The van der Waals surface area contributed by atoms with Gasteiger partial charge in [-0.15, -0.1) is 0 Å². The maximum atomic E-state index is 4.58. The van der Waals surface area contributed by atoms with Gasteiger partial charge in [-0.05, 0) is 247 Å². The van der Waals surface area contributed by atoms with Gasteiger partial charge in [-0.25, -0.2) is 9.97 Å². The molecule has 0 saturated carbocycles. The predicted molar refractivity (Wildman–Crippen MR) is 518 cm³/mol. The Hall–Kier alpha value is -12.8. The fourth-order valence-electron chi connectivity index (χ4n) is 16.2. The van der Waals surface area contributed by atoms with Gasteiger partial charge < -0.3 is 22.8 Å². The average Bonchev–Trinajstić information content (AvgIpc) is 1.63. The molecule has 0 bridgehead atoms. The minimum atomic E-state index is 0.870. The van der Waals surface area contributed by atoms with Gasteiger partial charge in [-0.1, -0.05) is 194 Å². The first kappa shape index (κ1) is 77.2. The van der Waals surface area contributed by atoms with Gasteiger partial charge in [0.2, 0.25) is 0 Å². The fraction of sp³-hybridized carbons (Fsp3) is 0. The normalized spacial score (nSPS) is 11.2. The lowest BCUT2D eigenvalue weighted by Crippen LogP contribution is -1.95. The Labute approximate surface area is 739 Å². The van der Waals surface area contributed by atoms with Crippen molar-refractivity contribution >= 4 is 227 Å². The van der Waals surface area contributed by atoms with Crippen molar-refractivity contribution in [2.24, 2.45) is 0 Å². The molecule has 24 aromatic rings. The number of halogens is 6. The summed E-state index contributed by atoms with van der Waals surface area (Å²) in [7, 11) is 0. The molecule has 0 amide bonds. The first-order valence-corrected chi connectivity index (χ1v) is 43.4. The summed E-state index contributed by atoms with van der Waals surface area (Å²) < 4.78 is 19.7. The Morgan fingerprint density at radius 1 is 0.175 bits per heavy atom. The maximum Gasteiger partial charge on any atom is 0.145 e. The van der Waals surface area contributed by atoms with Gasteiger partial charge in [0, 0.05) is 161 Å². The quantitative estimate of drug-likeness (QED) is 0.154. The molecular formula is C102H66Br6N12. The van der Waals surface area contributed by atoms with Gasteiger partial charge in [0.1, 0.15) is 10.3 Å². The predicted octanol–water partition coefficient (Wildman–Crippen LogP) is 29.6. The summed E-state index contributed by atoms with van der Waals surface area (Å²) in [5, 5.41) is 13.2. The summed E-state index contributed by atoms with van der Waals surface area (Å²) in [6, 6.07) is 119. The van der Waals surface area contributed by atoms with Gasteiger partial charge >= 0.3 is 0 Å². The Balaban J connectivity index is 0.0000000952. The summed E-state index contributed by atoms with van der Waals surface area (Å²) in [4.78, 5) is 26.4. The molecule has 0 spiro atoms. The Bertz CT molecular complexity index is 6670. The van der Waals surface area contributed by atoms with Crippen molar-refractivity contribution in [3.05, 3.63) is 429 Å². The molecule has 0 unspecified atom stereocenters. The number of hydrogen-bond acceptors (Lipinski definition) is 6. The second kappa shape index (κ2) is 34.3. The molecule has 0 aliphatic rings. The first-order chi connectivity index (χ1) is 59.2. The van der Waals surface area contributed by atoms with Crippen molar-refractivity contribution in [3.63, 3.8) is 0 Å². The molecule has 18 heteroatoms. The number of hydrogen-bond donors (Lipinski definition) is 0. The van der Waals surface area contributed by atoms with Crippen molar-refractivity contribution in [2.75, 3.05) is 0 Å². The Kier molecular flexibility index (Phi) is 22.0. The van der Waals surface area contributed by atoms with E-state index in [1.54, 1.807) is 0 Å². The number of pyridine rings is 6. The Morgan fingerprint density at radius 2 is 0.508 bits per heavy atom. The molecule has 12 aromatic heterocycles. The van der Waals surface area contributed by atoms with Gasteiger partial charge in [-0.3, -0.25) is 24.5 Å². The van der Waals surface area contributed by atoms with Crippen LogP contribution in [-0.4, -0.2) is 57.3 Å². The van der Waals surface area contributed by atoms with E-state index < -0.39 is 0 Å². The third kappa shape index (κ3) is 14.5. The molecule has 12 aromatic carbocycles. The zero-order valence-corrected chi connectivity index (χ0v) is 73.3. The van der Waals surface area contributed by atoms with Gasteiger partial charge in [-0.2, -0.15) is 0 Å². The van der Waals surface area contributed by atoms with Crippen molar-refractivity contribution in [2.45, 2.75) is 0 Å². The molecule has 0 aliphatic heterocycles. The highest BCUT2D eigenvalue weighted by molar-refractivity contribution is 9.11. The summed E-state index contributed by atoms with van der Waals surface area (Å²) >= 11 is 21.9. The van der Waals surface area contributed by atoms with Crippen LogP contribution >= 0.6 is 95.6 Å². The van der Waals surface area contributed by atoms with E-state index in [9.17, 15) is 0 Å². The first-order valence-electron chi connectivity index (χ1n) is 38.7. The number of benzene rings is 12. The topological polar surface area (TPSA) is 107 Å².